The van der Waals surface area contributed by atoms with Crippen molar-refractivity contribution in [3.05, 3.63) is 47.8 Å². The molecule has 1 N–H and O–H groups in total. The van der Waals surface area contributed by atoms with Gasteiger partial charge in [0.25, 0.3) is 5.91 Å². The number of rotatable bonds is 5. The molecule has 0 aliphatic carbocycles. The summed E-state index contributed by atoms with van der Waals surface area (Å²) in [6, 6.07) is 8.33. The summed E-state index contributed by atoms with van der Waals surface area (Å²) in [7, 11) is -3.74. The molecule has 1 fully saturated rings. The molecule has 2 aromatic carbocycles. The Morgan fingerprint density at radius 3 is 2.61 bits per heavy atom. The summed E-state index contributed by atoms with van der Waals surface area (Å²) in [6.07, 6.45) is 1.59. The normalized spacial score (nSPS) is 17.4. The SMILES string of the molecule is Cc1cc(F)ccc1NC(=O)CN1C(=O)COc2ccc(S(=O)(=O)N3CCC(C)CC3)cc21. The summed E-state index contributed by atoms with van der Waals surface area (Å²) in [5.41, 5.74) is 1.20. The van der Waals surface area contributed by atoms with Crippen LogP contribution in [-0.2, 0) is 19.6 Å². The molecular formula is C23H26FN3O5S. The maximum absolute atomic E-state index is 13.3. The van der Waals surface area contributed by atoms with Gasteiger partial charge in [-0.3, -0.25) is 14.5 Å². The summed E-state index contributed by atoms with van der Waals surface area (Å²) in [5.74, 6) is -0.574. The molecule has 0 radical (unpaired) electrons. The topological polar surface area (TPSA) is 96.0 Å². The number of ether oxygens (including phenoxy) is 1. The van der Waals surface area contributed by atoms with Gasteiger partial charge in [-0.1, -0.05) is 6.92 Å². The molecule has 1 saturated heterocycles. The average Bonchev–Trinajstić information content (AvgIpc) is 2.77. The minimum atomic E-state index is -3.74. The first-order valence-corrected chi connectivity index (χ1v) is 12.2. The number of halogens is 1. The monoisotopic (exact) mass is 475 g/mol. The number of nitrogens with one attached hydrogen (secondary N) is 1. The van der Waals surface area contributed by atoms with Crippen LogP contribution in [0.2, 0.25) is 0 Å². The lowest BCUT2D eigenvalue weighted by atomic mass is 10.0. The van der Waals surface area contributed by atoms with E-state index in [0.29, 0.717) is 36.0 Å². The summed E-state index contributed by atoms with van der Waals surface area (Å²) in [6.45, 7) is 4.05. The quantitative estimate of drug-likeness (QED) is 0.718. The molecule has 10 heteroatoms. The molecule has 0 unspecified atom stereocenters. The van der Waals surface area contributed by atoms with Gasteiger partial charge in [-0.05, 0) is 67.6 Å². The van der Waals surface area contributed by atoms with Crippen molar-refractivity contribution in [2.45, 2.75) is 31.6 Å². The second-order valence-corrected chi connectivity index (χ2v) is 10.4. The van der Waals surface area contributed by atoms with Crippen molar-refractivity contribution in [2.24, 2.45) is 5.92 Å². The van der Waals surface area contributed by atoms with Gasteiger partial charge in [-0.2, -0.15) is 4.31 Å². The number of anilines is 2. The predicted octanol–water partition coefficient (Wildman–Crippen LogP) is 2.92. The van der Waals surface area contributed by atoms with E-state index in [-0.39, 0.29) is 23.7 Å². The lowest BCUT2D eigenvalue weighted by Gasteiger charge is -2.31. The van der Waals surface area contributed by atoms with Gasteiger partial charge in [0, 0.05) is 18.8 Å². The molecule has 0 saturated carbocycles. The number of fused-ring (bicyclic) bond motifs is 1. The zero-order chi connectivity index (χ0) is 23.8. The molecule has 8 nitrogen and oxygen atoms in total. The Morgan fingerprint density at radius 1 is 1.18 bits per heavy atom. The van der Waals surface area contributed by atoms with Gasteiger partial charge in [0.2, 0.25) is 15.9 Å². The van der Waals surface area contributed by atoms with E-state index in [1.807, 2.05) is 0 Å². The number of piperidine rings is 1. The number of hydrogen-bond donors (Lipinski definition) is 1. The van der Waals surface area contributed by atoms with E-state index < -0.39 is 27.7 Å². The van der Waals surface area contributed by atoms with E-state index in [9.17, 15) is 22.4 Å². The molecule has 2 aromatic rings. The Morgan fingerprint density at radius 2 is 1.91 bits per heavy atom. The Balaban J connectivity index is 1.57. The molecule has 2 heterocycles. The third-order valence-electron chi connectivity index (χ3n) is 6.02. The molecule has 2 aliphatic rings. The molecule has 33 heavy (non-hydrogen) atoms. The van der Waals surface area contributed by atoms with Crippen molar-refractivity contribution in [2.75, 3.05) is 36.5 Å². The summed E-state index contributed by atoms with van der Waals surface area (Å²) >= 11 is 0. The second kappa shape index (κ2) is 9.11. The van der Waals surface area contributed by atoms with Crippen LogP contribution in [0.1, 0.15) is 25.3 Å². The maximum Gasteiger partial charge on any atom is 0.265 e. The van der Waals surface area contributed by atoms with Crippen LogP contribution in [0, 0.1) is 18.7 Å². The molecule has 2 aliphatic heterocycles. The Bertz CT molecular complexity index is 1190. The van der Waals surface area contributed by atoms with Crippen molar-refractivity contribution in [1.82, 2.24) is 4.31 Å². The molecule has 0 spiro atoms. The van der Waals surface area contributed by atoms with Crippen molar-refractivity contribution in [3.8, 4) is 5.75 Å². The highest BCUT2D eigenvalue weighted by atomic mass is 32.2. The van der Waals surface area contributed by atoms with E-state index in [1.54, 1.807) is 6.92 Å². The van der Waals surface area contributed by atoms with Crippen LogP contribution in [0.25, 0.3) is 0 Å². The van der Waals surface area contributed by atoms with Crippen LogP contribution in [0.4, 0.5) is 15.8 Å². The third-order valence-corrected chi connectivity index (χ3v) is 7.91. The number of hydrogen-bond acceptors (Lipinski definition) is 5. The van der Waals surface area contributed by atoms with Gasteiger partial charge in [0.1, 0.15) is 18.1 Å². The summed E-state index contributed by atoms with van der Waals surface area (Å²) in [5, 5.41) is 2.67. The van der Waals surface area contributed by atoms with Crippen molar-refractivity contribution in [3.63, 3.8) is 0 Å². The number of carbonyl (C=O) groups is 2. The molecule has 2 amide bonds. The number of carbonyl (C=O) groups excluding carboxylic acids is 2. The highest BCUT2D eigenvalue weighted by molar-refractivity contribution is 7.89. The predicted molar refractivity (Wildman–Crippen MR) is 121 cm³/mol. The molecule has 176 valence electrons. The zero-order valence-electron chi connectivity index (χ0n) is 18.5. The Kier molecular flexibility index (Phi) is 6.40. The Hall–Kier alpha value is -2.98. The highest BCUT2D eigenvalue weighted by Crippen LogP contribution is 2.35. The third kappa shape index (κ3) is 4.86. The number of nitrogens with zero attached hydrogens (tertiary/aromatic N) is 2. The standard InChI is InChI=1S/C23H26FN3O5S/c1-15-7-9-26(10-8-15)33(30,31)18-4-6-21-20(12-18)27(23(29)14-32-21)13-22(28)25-19-5-3-17(24)11-16(19)2/h3-6,11-12,15H,7-10,13-14H2,1-2H3,(H,25,28). The van der Waals surface area contributed by atoms with E-state index in [2.05, 4.69) is 12.2 Å². The first kappa shape index (κ1) is 23.2. The number of benzene rings is 2. The van der Waals surface area contributed by atoms with E-state index in [4.69, 9.17) is 4.74 Å². The van der Waals surface area contributed by atoms with E-state index in [0.717, 1.165) is 12.8 Å². The van der Waals surface area contributed by atoms with Crippen molar-refractivity contribution < 1.29 is 27.1 Å². The molecule has 0 aromatic heterocycles. The smallest absolute Gasteiger partial charge is 0.265 e. The van der Waals surface area contributed by atoms with Gasteiger partial charge < -0.3 is 10.1 Å². The molecule has 0 atom stereocenters. The van der Waals surface area contributed by atoms with Gasteiger partial charge in [-0.25, -0.2) is 12.8 Å². The van der Waals surface area contributed by atoms with E-state index in [1.165, 1.54) is 45.6 Å². The number of sulfonamides is 1. The fourth-order valence-electron chi connectivity index (χ4n) is 3.99. The minimum absolute atomic E-state index is 0.0499. The minimum Gasteiger partial charge on any atom is -0.482 e. The molecular weight excluding hydrogens is 449 g/mol. The second-order valence-electron chi connectivity index (χ2n) is 8.49. The highest BCUT2D eigenvalue weighted by Gasteiger charge is 2.32. The van der Waals surface area contributed by atoms with Crippen molar-refractivity contribution >= 4 is 33.2 Å². The van der Waals surface area contributed by atoms with Crippen LogP contribution >= 0.6 is 0 Å². The van der Waals surface area contributed by atoms with Crippen LogP contribution in [0.5, 0.6) is 5.75 Å². The average molecular weight is 476 g/mol. The molecule has 0 bridgehead atoms. The van der Waals surface area contributed by atoms with Gasteiger partial charge in [0.05, 0.1) is 10.6 Å². The van der Waals surface area contributed by atoms with Crippen LogP contribution < -0.4 is 15.0 Å². The fraction of sp³-hybridized carbons (Fsp3) is 0.391. The summed E-state index contributed by atoms with van der Waals surface area (Å²) in [4.78, 5) is 26.5. The first-order valence-electron chi connectivity index (χ1n) is 10.8. The number of aryl methyl sites for hydroxylation is 1. The van der Waals surface area contributed by atoms with E-state index >= 15 is 0 Å². The van der Waals surface area contributed by atoms with Gasteiger partial charge >= 0.3 is 0 Å². The van der Waals surface area contributed by atoms with Crippen molar-refractivity contribution in [1.29, 1.82) is 0 Å². The first-order chi connectivity index (χ1) is 15.6. The van der Waals surface area contributed by atoms with Crippen LogP contribution in [-0.4, -0.2) is 50.8 Å². The zero-order valence-corrected chi connectivity index (χ0v) is 19.3. The van der Waals surface area contributed by atoms with Crippen LogP contribution in [0.15, 0.2) is 41.3 Å². The largest absolute Gasteiger partial charge is 0.482 e. The number of amides is 2. The lowest BCUT2D eigenvalue weighted by Crippen LogP contribution is -2.43. The summed E-state index contributed by atoms with van der Waals surface area (Å²) < 4.78 is 46.6. The lowest BCUT2D eigenvalue weighted by molar-refractivity contribution is -0.123. The Labute approximate surface area is 192 Å². The van der Waals surface area contributed by atoms with Crippen LogP contribution in [0.3, 0.4) is 0 Å². The van der Waals surface area contributed by atoms with Gasteiger partial charge in [0.15, 0.2) is 6.61 Å². The maximum atomic E-state index is 13.3. The van der Waals surface area contributed by atoms with Gasteiger partial charge in [-0.15, -0.1) is 0 Å². The molecule has 4 rings (SSSR count). The fourth-order valence-corrected chi connectivity index (χ4v) is 5.48.